The fourth-order valence-electron chi connectivity index (χ4n) is 4.10. The number of anilines is 1. The lowest BCUT2D eigenvalue weighted by Crippen LogP contribution is -2.34. The van der Waals surface area contributed by atoms with Gasteiger partial charge in [-0.3, -0.25) is 0 Å². The number of alkyl halides is 1. The Kier molecular flexibility index (Phi) is 4.07. The van der Waals surface area contributed by atoms with Crippen molar-refractivity contribution in [3.63, 3.8) is 0 Å². The normalized spacial score (nSPS) is 18.1. The summed E-state index contributed by atoms with van der Waals surface area (Å²) in [5.74, 6) is 0.0122. The van der Waals surface area contributed by atoms with Crippen molar-refractivity contribution in [1.29, 1.82) is 0 Å². The fourth-order valence-corrected chi connectivity index (χ4v) is 4.10. The molecule has 0 amide bonds. The molecule has 5 rings (SSSR count). The minimum atomic E-state index is -1.17. The number of rotatable bonds is 4. The van der Waals surface area contributed by atoms with Crippen LogP contribution in [0.2, 0.25) is 0 Å². The molecule has 6 nitrogen and oxygen atoms in total. The van der Waals surface area contributed by atoms with Crippen LogP contribution in [0.15, 0.2) is 30.9 Å². The molecule has 28 heavy (non-hydrogen) atoms. The molecule has 1 saturated carbocycles. The highest BCUT2D eigenvalue weighted by molar-refractivity contribution is 5.83. The van der Waals surface area contributed by atoms with Crippen molar-refractivity contribution in [2.45, 2.75) is 44.2 Å². The molecule has 0 spiro atoms. The van der Waals surface area contributed by atoms with Gasteiger partial charge in [-0.25, -0.2) is 28.2 Å². The zero-order valence-electron chi connectivity index (χ0n) is 15.3. The first-order valence-corrected chi connectivity index (χ1v) is 9.60. The number of fused-ring (bicyclic) bond motifs is 2. The van der Waals surface area contributed by atoms with Crippen molar-refractivity contribution >= 4 is 17.2 Å². The highest BCUT2D eigenvalue weighted by Crippen LogP contribution is 2.34. The van der Waals surface area contributed by atoms with Gasteiger partial charge >= 0.3 is 0 Å². The summed E-state index contributed by atoms with van der Waals surface area (Å²) in [5, 5.41) is 7.08. The van der Waals surface area contributed by atoms with Gasteiger partial charge in [0.15, 0.2) is 11.5 Å². The number of hydrogen-bond donors (Lipinski definition) is 1. The number of aromatic nitrogens is 5. The molecule has 0 radical (unpaired) electrons. The second-order valence-corrected chi connectivity index (χ2v) is 7.55. The first-order valence-electron chi connectivity index (χ1n) is 9.60. The van der Waals surface area contributed by atoms with Crippen molar-refractivity contribution in [3.8, 4) is 0 Å². The van der Waals surface area contributed by atoms with Crippen molar-refractivity contribution in [3.05, 3.63) is 53.5 Å². The maximum absolute atomic E-state index is 14.8. The monoisotopic (exact) mass is 386 g/mol. The Bertz CT molecular complexity index is 1080. The van der Waals surface area contributed by atoms with Crippen LogP contribution in [0.1, 0.15) is 51.8 Å². The van der Waals surface area contributed by atoms with E-state index in [1.165, 1.54) is 16.9 Å². The van der Waals surface area contributed by atoms with E-state index in [1.54, 1.807) is 12.4 Å². The van der Waals surface area contributed by atoms with Crippen molar-refractivity contribution in [2.24, 2.45) is 0 Å². The van der Waals surface area contributed by atoms with E-state index in [0.29, 0.717) is 30.8 Å². The molecule has 1 fully saturated rings. The SMILES string of the molecule is Fc1cc(C2=CCc3nc(NCC4(F)CCCCC4)ncc32)cn2ncnc12.[HH].[HH]. The summed E-state index contributed by atoms with van der Waals surface area (Å²) in [6.45, 7) is 0.236. The topological polar surface area (TPSA) is 68.0 Å². The standard InChI is InChI=1S/C20H20F2N6.2H2/c21-16-8-13(10-28-18(16)25-12-26-28)14-4-5-17-15(14)9-23-19(27-17)24-11-20(22)6-2-1-3-7-20;;/h4,8-10,12H,1-3,5-7,11H2,(H,23,24,27);2*1H. The lowest BCUT2D eigenvalue weighted by atomic mass is 9.86. The zero-order chi connectivity index (χ0) is 19.1. The van der Waals surface area contributed by atoms with E-state index in [2.05, 4.69) is 25.4 Å². The molecule has 0 saturated heterocycles. The highest BCUT2D eigenvalue weighted by atomic mass is 19.1. The van der Waals surface area contributed by atoms with Crippen LogP contribution in [-0.4, -0.2) is 36.8 Å². The minimum Gasteiger partial charge on any atom is -0.351 e. The molecule has 2 aliphatic rings. The Hall–Kier alpha value is -2.90. The van der Waals surface area contributed by atoms with Crippen LogP contribution >= 0.6 is 0 Å². The first kappa shape index (κ1) is 17.2. The molecule has 1 N–H and O–H groups in total. The molecule has 0 bridgehead atoms. The van der Waals surface area contributed by atoms with Gasteiger partial charge in [-0.05, 0) is 24.5 Å². The van der Waals surface area contributed by atoms with E-state index in [1.807, 2.05) is 6.08 Å². The average Bonchev–Trinajstić information content (AvgIpc) is 3.33. The smallest absolute Gasteiger partial charge is 0.223 e. The molecular weight excluding hydrogens is 362 g/mol. The number of hydrogen-bond acceptors (Lipinski definition) is 5. The van der Waals surface area contributed by atoms with Crippen LogP contribution < -0.4 is 5.32 Å². The predicted molar refractivity (Wildman–Crippen MR) is 105 cm³/mol. The number of nitrogens with zero attached hydrogens (tertiary/aromatic N) is 5. The van der Waals surface area contributed by atoms with Gasteiger partial charge in [-0.2, -0.15) is 5.10 Å². The van der Waals surface area contributed by atoms with Gasteiger partial charge in [0.2, 0.25) is 5.95 Å². The molecule has 0 unspecified atom stereocenters. The average molecular weight is 386 g/mol. The maximum Gasteiger partial charge on any atom is 0.223 e. The van der Waals surface area contributed by atoms with E-state index in [-0.39, 0.29) is 15.0 Å². The van der Waals surface area contributed by atoms with E-state index in [4.69, 9.17) is 0 Å². The summed E-state index contributed by atoms with van der Waals surface area (Å²) < 4.78 is 30.5. The second-order valence-electron chi connectivity index (χ2n) is 7.55. The molecule has 0 aliphatic heterocycles. The van der Waals surface area contributed by atoms with Crippen LogP contribution in [0, 0.1) is 5.82 Å². The van der Waals surface area contributed by atoms with Gasteiger partial charge in [0.25, 0.3) is 0 Å². The summed E-state index contributed by atoms with van der Waals surface area (Å²) in [5.41, 5.74) is 2.30. The number of halogens is 2. The number of nitrogens with one attached hydrogen (secondary N) is 1. The van der Waals surface area contributed by atoms with Crippen molar-refractivity contribution < 1.29 is 11.6 Å². The number of pyridine rings is 1. The van der Waals surface area contributed by atoms with Gasteiger partial charge in [-0.15, -0.1) is 0 Å². The molecule has 0 aromatic carbocycles. The largest absolute Gasteiger partial charge is 0.351 e. The second kappa shape index (κ2) is 6.61. The van der Waals surface area contributed by atoms with Gasteiger partial charge < -0.3 is 5.32 Å². The van der Waals surface area contributed by atoms with Crippen molar-refractivity contribution in [2.75, 3.05) is 11.9 Å². The Labute approximate surface area is 163 Å². The third-order valence-electron chi connectivity index (χ3n) is 5.61. The molecule has 3 aromatic rings. The third kappa shape index (κ3) is 3.02. The molecule has 8 heteroatoms. The molecule has 3 aromatic heterocycles. The van der Waals surface area contributed by atoms with E-state index >= 15 is 0 Å². The summed E-state index contributed by atoms with van der Waals surface area (Å²) in [6, 6.07) is 1.45. The molecular formula is C20H24F2N6. The van der Waals surface area contributed by atoms with Gasteiger partial charge in [0, 0.05) is 32.8 Å². The highest BCUT2D eigenvalue weighted by Gasteiger charge is 2.31. The molecule has 0 atom stereocenters. The Morgan fingerprint density at radius 3 is 2.93 bits per heavy atom. The molecule has 2 aliphatic carbocycles. The number of allylic oxidation sites excluding steroid dienone is 1. The lowest BCUT2D eigenvalue weighted by molar-refractivity contribution is 0.122. The molecule has 3 heterocycles. The van der Waals surface area contributed by atoms with Crippen LogP contribution in [-0.2, 0) is 6.42 Å². The summed E-state index contributed by atoms with van der Waals surface area (Å²) in [6.07, 6.45) is 11.6. The quantitative estimate of drug-likeness (QED) is 0.727. The zero-order valence-corrected chi connectivity index (χ0v) is 15.3. The Morgan fingerprint density at radius 1 is 1.21 bits per heavy atom. The van der Waals surface area contributed by atoms with Crippen LogP contribution in [0.5, 0.6) is 0 Å². The van der Waals surface area contributed by atoms with E-state index in [0.717, 1.165) is 36.1 Å². The Balaban J connectivity index is 0.00000128. The predicted octanol–water partition coefficient (Wildman–Crippen LogP) is 4.22. The van der Waals surface area contributed by atoms with E-state index in [9.17, 15) is 8.78 Å². The van der Waals surface area contributed by atoms with Crippen molar-refractivity contribution in [1.82, 2.24) is 24.6 Å². The summed E-state index contributed by atoms with van der Waals surface area (Å²) in [7, 11) is 0. The lowest BCUT2D eigenvalue weighted by Gasteiger charge is -2.29. The van der Waals surface area contributed by atoms with Gasteiger partial charge in [0.1, 0.15) is 12.0 Å². The van der Waals surface area contributed by atoms with Gasteiger partial charge in [0.05, 0.1) is 12.2 Å². The molecule has 148 valence electrons. The third-order valence-corrected chi connectivity index (χ3v) is 5.61. The van der Waals surface area contributed by atoms with Gasteiger partial charge in [-0.1, -0.05) is 25.3 Å². The first-order chi connectivity index (χ1) is 13.6. The minimum absolute atomic E-state index is 0. The van der Waals surface area contributed by atoms with Crippen LogP contribution in [0.3, 0.4) is 0 Å². The van der Waals surface area contributed by atoms with E-state index < -0.39 is 11.5 Å². The van der Waals surface area contributed by atoms with Crippen LogP contribution in [0.4, 0.5) is 14.7 Å². The maximum atomic E-state index is 14.8. The summed E-state index contributed by atoms with van der Waals surface area (Å²) in [4.78, 5) is 12.8. The fraction of sp³-hybridized carbons (Fsp3) is 0.400. The Morgan fingerprint density at radius 2 is 2.07 bits per heavy atom. The van der Waals surface area contributed by atoms with Crippen LogP contribution in [0.25, 0.3) is 11.2 Å². The summed E-state index contributed by atoms with van der Waals surface area (Å²) >= 11 is 0.